The van der Waals surface area contributed by atoms with Crippen LogP contribution < -0.4 is 16.6 Å². The number of carboxylic acids is 1. The summed E-state index contributed by atoms with van der Waals surface area (Å²) in [6.45, 7) is 0. The Bertz CT molecular complexity index is 668. The number of amides is 1. The van der Waals surface area contributed by atoms with E-state index in [4.69, 9.17) is 5.11 Å². The molecule has 1 aliphatic rings. The monoisotopic (exact) mass is 281 g/mol. The summed E-state index contributed by atoms with van der Waals surface area (Å²) in [7, 11) is 1.26. The van der Waals surface area contributed by atoms with Gasteiger partial charge in [0.2, 0.25) is 0 Å². The molecule has 0 aliphatic heterocycles. The smallest absolute Gasteiger partial charge is 0.328 e. The van der Waals surface area contributed by atoms with Gasteiger partial charge in [0, 0.05) is 13.2 Å². The number of hydrogen-bond acceptors (Lipinski definition) is 4. The van der Waals surface area contributed by atoms with Gasteiger partial charge in [0.05, 0.1) is 12.0 Å². The average Bonchev–Trinajstić information content (AvgIpc) is 2.32. The van der Waals surface area contributed by atoms with E-state index in [0.29, 0.717) is 12.8 Å². The average molecular weight is 281 g/mol. The zero-order chi connectivity index (χ0) is 14.9. The molecule has 0 unspecified atom stereocenters. The Morgan fingerprint density at radius 1 is 1.45 bits per heavy atom. The molecule has 1 aliphatic carbocycles. The van der Waals surface area contributed by atoms with Crippen LogP contribution >= 0.6 is 0 Å². The van der Waals surface area contributed by atoms with Crippen LogP contribution in [0.25, 0.3) is 0 Å². The molecule has 0 bridgehead atoms. The fraction of sp³-hybridized carbons (Fsp3) is 0.500. The highest BCUT2D eigenvalue weighted by molar-refractivity contribution is 5.94. The summed E-state index contributed by atoms with van der Waals surface area (Å²) in [5, 5.41) is 11.5. The Morgan fingerprint density at radius 2 is 2.10 bits per heavy atom. The molecule has 108 valence electrons. The molecule has 1 aromatic heterocycles. The highest BCUT2D eigenvalue weighted by atomic mass is 16.4. The standard InChI is InChI=1S/C12H15N3O5/c1-15-10(19)7(6-13-11(15)20)9(18)14-12(3-2-4-12)5-8(16)17/h6H,2-5H2,1H3,(H,13,20)(H,14,18)(H,16,17). The SMILES string of the molecule is Cn1c(=O)[nH]cc(C(=O)NC2(CC(=O)O)CCC2)c1=O. The van der Waals surface area contributed by atoms with Crippen molar-refractivity contribution in [3.63, 3.8) is 0 Å². The maximum atomic E-state index is 12.1. The summed E-state index contributed by atoms with van der Waals surface area (Å²) >= 11 is 0. The maximum absolute atomic E-state index is 12.1. The van der Waals surface area contributed by atoms with Crippen molar-refractivity contribution in [2.75, 3.05) is 0 Å². The van der Waals surface area contributed by atoms with Gasteiger partial charge in [-0.25, -0.2) is 4.79 Å². The first-order chi connectivity index (χ1) is 9.34. The molecule has 8 heteroatoms. The topological polar surface area (TPSA) is 121 Å². The zero-order valence-electron chi connectivity index (χ0n) is 10.9. The van der Waals surface area contributed by atoms with Gasteiger partial charge in [-0.2, -0.15) is 0 Å². The number of aromatic amines is 1. The molecule has 0 spiro atoms. The van der Waals surface area contributed by atoms with E-state index in [1.807, 2.05) is 0 Å². The number of carbonyl (C=O) groups excluding carboxylic acids is 1. The summed E-state index contributed by atoms with van der Waals surface area (Å²) in [4.78, 5) is 48.2. The van der Waals surface area contributed by atoms with E-state index < -0.39 is 28.7 Å². The normalized spacial score (nSPS) is 16.2. The van der Waals surface area contributed by atoms with Gasteiger partial charge in [0.1, 0.15) is 5.56 Å². The molecule has 8 nitrogen and oxygen atoms in total. The zero-order valence-corrected chi connectivity index (χ0v) is 10.9. The number of nitrogens with one attached hydrogen (secondary N) is 2. The molecule has 20 heavy (non-hydrogen) atoms. The molecule has 0 saturated heterocycles. The first-order valence-corrected chi connectivity index (χ1v) is 6.18. The van der Waals surface area contributed by atoms with Crippen LogP contribution in [-0.2, 0) is 11.8 Å². The van der Waals surface area contributed by atoms with E-state index in [1.165, 1.54) is 7.05 Å². The summed E-state index contributed by atoms with van der Waals surface area (Å²) < 4.78 is 0.791. The van der Waals surface area contributed by atoms with Gasteiger partial charge >= 0.3 is 11.7 Å². The Balaban J connectivity index is 2.24. The Labute approximate surface area is 113 Å². The van der Waals surface area contributed by atoms with Gasteiger partial charge in [-0.3, -0.25) is 19.0 Å². The van der Waals surface area contributed by atoms with Crippen molar-refractivity contribution in [2.45, 2.75) is 31.2 Å². The lowest BCUT2D eigenvalue weighted by molar-refractivity contribution is -0.139. The van der Waals surface area contributed by atoms with Gasteiger partial charge in [0.15, 0.2) is 0 Å². The minimum atomic E-state index is -1.00. The van der Waals surface area contributed by atoms with E-state index >= 15 is 0 Å². The molecule has 1 fully saturated rings. The first-order valence-electron chi connectivity index (χ1n) is 6.18. The number of aliphatic carboxylic acids is 1. The van der Waals surface area contributed by atoms with Crippen molar-refractivity contribution in [3.8, 4) is 0 Å². The van der Waals surface area contributed by atoms with Gasteiger partial charge in [0.25, 0.3) is 11.5 Å². The minimum Gasteiger partial charge on any atom is -0.481 e. The van der Waals surface area contributed by atoms with Gasteiger partial charge in [-0.1, -0.05) is 0 Å². The minimum absolute atomic E-state index is 0.178. The molecule has 1 heterocycles. The van der Waals surface area contributed by atoms with Crippen molar-refractivity contribution < 1.29 is 14.7 Å². The second kappa shape index (κ2) is 4.95. The number of H-pyrrole nitrogens is 1. The maximum Gasteiger partial charge on any atom is 0.328 e. The van der Waals surface area contributed by atoms with E-state index in [1.54, 1.807) is 0 Å². The Morgan fingerprint density at radius 3 is 2.60 bits per heavy atom. The molecule has 1 aromatic rings. The second-order valence-corrected chi connectivity index (χ2v) is 5.03. The lowest BCUT2D eigenvalue weighted by atomic mass is 9.74. The lowest BCUT2D eigenvalue weighted by Crippen LogP contribution is -2.55. The Kier molecular flexibility index (Phi) is 3.47. The molecule has 3 N–H and O–H groups in total. The first kappa shape index (κ1) is 14.0. The van der Waals surface area contributed by atoms with Crippen molar-refractivity contribution in [1.29, 1.82) is 0 Å². The Hall–Kier alpha value is -2.38. The van der Waals surface area contributed by atoms with Crippen LogP contribution in [0.2, 0.25) is 0 Å². The van der Waals surface area contributed by atoms with Crippen LogP contribution in [0.15, 0.2) is 15.8 Å². The number of nitrogens with zero attached hydrogens (tertiary/aromatic N) is 1. The van der Waals surface area contributed by atoms with Crippen molar-refractivity contribution in [1.82, 2.24) is 14.9 Å². The number of carbonyl (C=O) groups is 2. The number of carboxylic acid groups (broad SMARTS) is 1. The largest absolute Gasteiger partial charge is 0.481 e. The number of rotatable bonds is 4. The molecule has 1 saturated carbocycles. The van der Waals surface area contributed by atoms with E-state index in [2.05, 4.69) is 10.3 Å². The second-order valence-electron chi connectivity index (χ2n) is 5.03. The van der Waals surface area contributed by atoms with Gasteiger partial charge in [-0.05, 0) is 19.3 Å². The van der Waals surface area contributed by atoms with Crippen LogP contribution in [0, 0.1) is 0 Å². The molecule has 2 rings (SSSR count). The molecule has 0 radical (unpaired) electrons. The van der Waals surface area contributed by atoms with Crippen LogP contribution in [-0.4, -0.2) is 32.1 Å². The fourth-order valence-electron chi connectivity index (χ4n) is 2.28. The van der Waals surface area contributed by atoms with Crippen molar-refractivity contribution in [2.24, 2.45) is 7.05 Å². The van der Waals surface area contributed by atoms with E-state index in [9.17, 15) is 19.2 Å². The fourth-order valence-corrected chi connectivity index (χ4v) is 2.28. The molecular weight excluding hydrogens is 266 g/mol. The summed E-state index contributed by atoms with van der Waals surface area (Å²) in [5.41, 5.74) is -2.32. The van der Waals surface area contributed by atoms with Gasteiger partial charge < -0.3 is 15.4 Å². The summed E-state index contributed by atoms with van der Waals surface area (Å²) in [5.74, 6) is -1.66. The predicted molar refractivity (Wildman–Crippen MR) is 68.6 cm³/mol. The van der Waals surface area contributed by atoms with E-state index in [-0.39, 0.29) is 12.0 Å². The quantitative estimate of drug-likeness (QED) is 0.667. The van der Waals surface area contributed by atoms with Crippen LogP contribution in [0.1, 0.15) is 36.0 Å². The summed E-state index contributed by atoms with van der Waals surface area (Å²) in [6, 6.07) is 0. The molecule has 0 aromatic carbocycles. The van der Waals surface area contributed by atoms with Crippen molar-refractivity contribution >= 4 is 11.9 Å². The third kappa shape index (κ3) is 2.49. The highest BCUT2D eigenvalue weighted by Crippen LogP contribution is 2.35. The van der Waals surface area contributed by atoms with Crippen LogP contribution in [0.4, 0.5) is 0 Å². The molecule has 1 amide bonds. The van der Waals surface area contributed by atoms with Gasteiger partial charge in [-0.15, -0.1) is 0 Å². The van der Waals surface area contributed by atoms with Crippen molar-refractivity contribution in [3.05, 3.63) is 32.6 Å². The van der Waals surface area contributed by atoms with E-state index in [0.717, 1.165) is 17.2 Å². The third-order valence-electron chi connectivity index (χ3n) is 3.60. The number of hydrogen-bond donors (Lipinski definition) is 3. The molecular formula is C12H15N3O5. The molecule has 0 atom stereocenters. The number of aromatic nitrogens is 2. The third-order valence-corrected chi connectivity index (χ3v) is 3.60. The van der Waals surface area contributed by atoms with Crippen LogP contribution in [0.3, 0.4) is 0 Å². The van der Waals surface area contributed by atoms with Crippen LogP contribution in [0.5, 0.6) is 0 Å². The lowest BCUT2D eigenvalue weighted by Gasteiger charge is -2.41. The predicted octanol–water partition coefficient (Wildman–Crippen LogP) is -0.799. The summed E-state index contributed by atoms with van der Waals surface area (Å²) in [6.07, 6.45) is 2.83. The highest BCUT2D eigenvalue weighted by Gasteiger charge is 2.40.